The predicted octanol–water partition coefficient (Wildman–Crippen LogP) is 9.80. The van der Waals surface area contributed by atoms with E-state index in [-0.39, 0.29) is 9.92 Å². The Morgan fingerprint density at radius 2 is 1.11 bits per heavy atom. The van der Waals surface area contributed by atoms with Gasteiger partial charge in [0.2, 0.25) is 9.84 Å². The Morgan fingerprint density at radius 1 is 0.489 bits per heavy atom. The number of hydrogen-bond acceptors (Lipinski definition) is 5. The van der Waals surface area contributed by atoms with Crippen LogP contribution < -0.4 is 0 Å². The average Bonchev–Trinajstić information content (AvgIpc) is 3.14. The van der Waals surface area contributed by atoms with Crippen LogP contribution in [0.15, 0.2) is 162 Å². The Bertz CT molecular complexity index is 2800. The number of aromatic nitrogens is 3. The van der Waals surface area contributed by atoms with Crippen molar-refractivity contribution >= 4 is 64.0 Å². The summed E-state index contributed by atoms with van der Waals surface area (Å²) < 4.78 is 27.2. The van der Waals surface area contributed by atoms with Gasteiger partial charge < -0.3 is 0 Å². The van der Waals surface area contributed by atoms with E-state index in [1.807, 2.05) is 36.4 Å². The van der Waals surface area contributed by atoms with Gasteiger partial charge in [-0.3, -0.25) is 4.98 Å². The van der Waals surface area contributed by atoms with Gasteiger partial charge in [-0.25, -0.2) is 18.4 Å². The van der Waals surface area contributed by atoms with Crippen molar-refractivity contribution in [2.75, 3.05) is 0 Å². The highest BCUT2D eigenvalue weighted by atomic mass is 32.2. The molecule has 0 radical (unpaired) electrons. The first-order valence-electron chi connectivity index (χ1n) is 15.4. The zero-order chi connectivity index (χ0) is 31.5. The largest absolute Gasteiger partial charge is 0.256 e. The molecule has 0 saturated carbocycles. The van der Waals surface area contributed by atoms with Crippen molar-refractivity contribution in [3.05, 3.63) is 152 Å². The number of pyridine rings is 3. The SMILES string of the molecule is O=S(=O)(c1ccccc1)c1cccc(-c2cc3nc(-c4ccccc4)c4c5ccccc5c5ccccc5c4c3c3cccnc23)n1. The Kier molecular flexibility index (Phi) is 6.13. The lowest BCUT2D eigenvalue weighted by Gasteiger charge is -2.18. The van der Waals surface area contributed by atoms with Crippen molar-refractivity contribution in [1.82, 2.24) is 15.0 Å². The molecular formula is C41H25N3O2S. The van der Waals surface area contributed by atoms with E-state index in [4.69, 9.17) is 15.0 Å². The van der Waals surface area contributed by atoms with E-state index in [9.17, 15) is 8.42 Å². The smallest absolute Gasteiger partial charge is 0.223 e. The molecule has 9 aromatic rings. The zero-order valence-electron chi connectivity index (χ0n) is 25.0. The van der Waals surface area contributed by atoms with Gasteiger partial charge in [-0.1, -0.05) is 109 Å². The third kappa shape index (κ3) is 4.22. The molecule has 6 aromatic carbocycles. The second-order valence-electron chi connectivity index (χ2n) is 11.6. The monoisotopic (exact) mass is 623 g/mol. The highest BCUT2D eigenvalue weighted by Crippen LogP contribution is 2.45. The molecule has 0 atom stereocenters. The van der Waals surface area contributed by atoms with Gasteiger partial charge in [0.25, 0.3) is 0 Å². The fraction of sp³-hybridized carbons (Fsp3) is 0. The van der Waals surface area contributed by atoms with Crippen LogP contribution >= 0.6 is 0 Å². The van der Waals surface area contributed by atoms with Crippen molar-refractivity contribution in [2.24, 2.45) is 0 Å². The second-order valence-corrected chi connectivity index (χ2v) is 13.5. The van der Waals surface area contributed by atoms with E-state index in [1.54, 1.807) is 48.7 Å². The van der Waals surface area contributed by atoms with Crippen LogP contribution in [0.1, 0.15) is 0 Å². The van der Waals surface area contributed by atoms with Gasteiger partial charge in [-0.15, -0.1) is 0 Å². The van der Waals surface area contributed by atoms with Gasteiger partial charge in [0.05, 0.1) is 27.3 Å². The lowest BCUT2D eigenvalue weighted by molar-refractivity contribution is 0.592. The maximum atomic E-state index is 13.6. The lowest BCUT2D eigenvalue weighted by Crippen LogP contribution is -2.05. The van der Waals surface area contributed by atoms with Crippen LogP contribution in [0.3, 0.4) is 0 Å². The number of benzene rings is 6. The molecule has 0 aliphatic heterocycles. The van der Waals surface area contributed by atoms with Crippen LogP contribution in [0.4, 0.5) is 0 Å². The molecule has 0 saturated heterocycles. The van der Waals surface area contributed by atoms with Gasteiger partial charge >= 0.3 is 0 Å². The molecule has 0 spiro atoms. The molecule has 0 aliphatic rings. The molecule has 0 fully saturated rings. The lowest BCUT2D eigenvalue weighted by atomic mass is 9.88. The Balaban J connectivity index is 1.44. The Labute approximate surface area is 270 Å². The first kappa shape index (κ1) is 27.3. The molecule has 222 valence electrons. The highest BCUT2D eigenvalue weighted by molar-refractivity contribution is 7.91. The molecule has 0 N–H and O–H groups in total. The first-order valence-corrected chi connectivity index (χ1v) is 16.9. The van der Waals surface area contributed by atoms with E-state index in [0.29, 0.717) is 11.3 Å². The normalized spacial score (nSPS) is 12.0. The quantitative estimate of drug-likeness (QED) is 0.183. The molecule has 47 heavy (non-hydrogen) atoms. The standard InChI is InChI=1S/C41H25N3O2S/c45-47(46,27-15-5-2-6-16-27)36-23-11-22-34(43-36)33-25-35-37(32-21-12-24-42-41(32)33)38-30-19-9-7-17-28(30)29-18-8-10-20-31(29)39(38)40(44-35)26-13-3-1-4-14-26/h1-25H. The van der Waals surface area contributed by atoms with Crippen LogP contribution in [-0.2, 0) is 9.84 Å². The van der Waals surface area contributed by atoms with Gasteiger partial charge in [0, 0.05) is 38.9 Å². The summed E-state index contributed by atoms with van der Waals surface area (Å²) in [6.45, 7) is 0. The zero-order valence-corrected chi connectivity index (χ0v) is 25.8. The fourth-order valence-corrected chi connectivity index (χ4v) is 8.08. The molecule has 5 nitrogen and oxygen atoms in total. The summed E-state index contributed by atoms with van der Waals surface area (Å²) in [7, 11) is -3.83. The molecule has 0 bridgehead atoms. The molecule has 6 heteroatoms. The minimum Gasteiger partial charge on any atom is -0.256 e. The van der Waals surface area contributed by atoms with E-state index in [2.05, 4.69) is 66.7 Å². The summed E-state index contributed by atoms with van der Waals surface area (Å²) in [5.74, 6) is 0. The molecule has 0 amide bonds. The Morgan fingerprint density at radius 3 is 1.83 bits per heavy atom. The summed E-state index contributed by atoms with van der Waals surface area (Å²) in [6, 6.07) is 46.9. The third-order valence-corrected chi connectivity index (χ3v) is 10.6. The molecule has 3 aromatic heterocycles. The van der Waals surface area contributed by atoms with Crippen LogP contribution in [0, 0.1) is 0 Å². The van der Waals surface area contributed by atoms with Gasteiger partial charge in [-0.2, -0.15) is 0 Å². The van der Waals surface area contributed by atoms with Crippen LogP contribution in [0.5, 0.6) is 0 Å². The number of fused-ring (bicyclic) bond motifs is 10. The van der Waals surface area contributed by atoms with Crippen molar-refractivity contribution in [1.29, 1.82) is 0 Å². The fourth-order valence-electron chi connectivity index (χ4n) is 6.85. The minimum absolute atomic E-state index is 0.0145. The predicted molar refractivity (Wildman–Crippen MR) is 190 cm³/mol. The molecular weight excluding hydrogens is 599 g/mol. The summed E-state index contributed by atoms with van der Waals surface area (Å²) >= 11 is 0. The molecule has 0 aliphatic carbocycles. The van der Waals surface area contributed by atoms with E-state index >= 15 is 0 Å². The summed E-state index contributed by atoms with van der Waals surface area (Å²) in [5.41, 5.74) is 4.65. The van der Waals surface area contributed by atoms with Crippen LogP contribution in [-0.4, -0.2) is 23.4 Å². The average molecular weight is 624 g/mol. The van der Waals surface area contributed by atoms with Crippen molar-refractivity contribution in [3.63, 3.8) is 0 Å². The topological polar surface area (TPSA) is 72.8 Å². The van der Waals surface area contributed by atoms with Gasteiger partial charge in [-0.05, 0) is 57.9 Å². The summed E-state index contributed by atoms with van der Waals surface area (Å²) in [5, 5.41) is 8.73. The highest BCUT2D eigenvalue weighted by Gasteiger charge is 2.23. The number of rotatable bonds is 4. The van der Waals surface area contributed by atoms with Crippen molar-refractivity contribution in [2.45, 2.75) is 9.92 Å². The van der Waals surface area contributed by atoms with E-state index in [0.717, 1.165) is 54.6 Å². The number of hydrogen-bond donors (Lipinski definition) is 0. The molecule has 3 heterocycles. The van der Waals surface area contributed by atoms with E-state index < -0.39 is 9.84 Å². The van der Waals surface area contributed by atoms with Gasteiger partial charge in [0.1, 0.15) is 0 Å². The van der Waals surface area contributed by atoms with Crippen molar-refractivity contribution < 1.29 is 8.42 Å². The maximum absolute atomic E-state index is 13.6. The first-order chi connectivity index (χ1) is 23.1. The number of sulfone groups is 1. The summed E-state index contributed by atoms with van der Waals surface area (Å²) in [6.07, 6.45) is 1.77. The van der Waals surface area contributed by atoms with Crippen molar-refractivity contribution in [3.8, 4) is 22.5 Å². The minimum atomic E-state index is -3.83. The molecule has 9 rings (SSSR count). The van der Waals surface area contributed by atoms with Gasteiger partial charge in [0.15, 0.2) is 5.03 Å². The van der Waals surface area contributed by atoms with E-state index in [1.165, 1.54) is 10.8 Å². The van der Waals surface area contributed by atoms with Crippen LogP contribution in [0.2, 0.25) is 0 Å². The number of nitrogens with zero attached hydrogens (tertiary/aromatic N) is 3. The second kappa shape index (κ2) is 10.5. The maximum Gasteiger partial charge on any atom is 0.223 e. The molecule has 0 unspecified atom stereocenters. The summed E-state index contributed by atoms with van der Waals surface area (Å²) in [4.78, 5) is 15.2. The van der Waals surface area contributed by atoms with Crippen LogP contribution in [0.25, 0.3) is 76.6 Å². The third-order valence-electron chi connectivity index (χ3n) is 8.90. The Hall–Kier alpha value is -5.98.